The largest absolute Gasteiger partial charge is 0.379 e. The number of nitrogens with zero attached hydrogens (tertiary/aromatic N) is 2. The lowest BCUT2D eigenvalue weighted by molar-refractivity contribution is 0.0368. The minimum absolute atomic E-state index is 0.266. The number of hydrogen-bond donors (Lipinski definition) is 1. The van der Waals surface area contributed by atoms with Gasteiger partial charge in [0.05, 0.1) is 13.2 Å². The number of hydrogen-bond acceptors (Lipinski definition) is 3. The van der Waals surface area contributed by atoms with Gasteiger partial charge in [-0.3, -0.25) is 4.90 Å². The molecule has 1 aliphatic rings. The summed E-state index contributed by atoms with van der Waals surface area (Å²) >= 11 is 11.8. The molecule has 0 bridgehead atoms. The highest BCUT2D eigenvalue weighted by molar-refractivity contribution is 7.80. The van der Waals surface area contributed by atoms with Crippen LogP contribution in [-0.4, -0.2) is 54.3 Å². The van der Waals surface area contributed by atoms with Gasteiger partial charge in [0.1, 0.15) is 5.82 Å². The third kappa shape index (κ3) is 6.71. The van der Waals surface area contributed by atoms with E-state index in [-0.39, 0.29) is 5.82 Å². The van der Waals surface area contributed by atoms with Gasteiger partial charge in [-0.2, -0.15) is 0 Å². The fourth-order valence-corrected chi connectivity index (χ4v) is 3.64. The van der Waals surface area contributed by atoms with Crippen molar-refractivity contribution >= 4 is 34.6 Å². The molecule has 28 heavy (non-hydrogen) atoms. The lowest BCUT2D eigenvalue weighted by atomic mass is 10.2. The Bertz CT molecular complexity index is 769. The predicted molar refractivity (Wildman–Crippen MR) is 116 cm³/mol. The fraction of sp³-hybridized carbons (Fsp3) is 0.381. The van der Waals surface area contributed by atoms with Crippen molar-refractivity contribution in [2.45, 2.75) is 13.0 Å². The molecule has 0 amide bonds. The summed E-state index contributed by atoms with van der Waals surface area (Å²) in [6.07, 6.45) is 0.992. The van der Waals surface area contributed by atoms with E-state index in [1.54, 1.807) is 12.1 Å². The van der Waals surface area contributed by atoms with Gasteiger partial charge in [-0.05, 0) is 60.6 Å². The van der Waals surface area contributed by atoms with E-state index in [2.05, 4.69) is 15.1 Å². The third-order valence-electron chi connectivity index (χ3n) is 4.65. The first-order valence-corrected chi connectivity index (χ1v) is 10.2. The Morgan fingerprint density at radius 2 is 1.93 bits per heavy atom. The number of nitrogens with one attached hydrogen (secondary N) is 1. The molecule has 7 heteroatoms. The maximum Gasteiger partial charge on any atom is 0.173 e. The number of anilines is 1. The summed E-state index contributed by atoms with van der Waals surface area (Å²) in [7, 11) is 0. The first kappa shape index (κ1) is 21.0. The third-order valence-corrected chi connectivity index (χ3v) is 5.25. The van der Waals surface area contributed by atoms with Crippen LogP contribution in [0.5, 0.6) is 0 Å². The van der Waals surface area contributed by atoms with Crippen molar-refractivity contribution in [2.75, 3.05) is 44.7 Å². The zero-order valence-corrected chi connectivity index (χ0v) is 17.3. The molecular weight excluding hydrogens is 397 g/mol. The Hall–Kier alpha value is -1.73. The van der Waals surface area contributed by atoms with E-state index in [4.69, 9.17) is 28.6 Å². The fourth-order valence-electron chi connectivity index (χ4n) is 3.15. The number of ether oxygens (including phenoxy) is 1. The number of benzene rings is 2. The molecule has 0 unspecified atom stereocenters. The summed E-state index contributed by atoms with van der Waals surface area (Å²) in [5.74, 6) is -0.266. The van der Waals surface area contributed by atoms with Gasteiger partial charge in [0, 0.05) is 43.4 Å². The second kappa shape index (κ2) is 10.7. The van der Waals surface area contributed by atoms with Crippen molar-refractivity contribution in [3.63, 3.8) is 0 Å². The van der Waals surface area contributed by atoms with E-state index in [1.165, 1.54) is 12.1 Å². The Labute approximate surface area is 176 Å². The first-order valence-electron chi connectivity index (χ1n) is 9.46. The molecule has 1 saturated heterocycles. The SMILES string of the molecule is Fc1ccc(NC(=S)N(CCCN2CCOCC2)Cc2cccc(Cl)c2)cc1. The number of morpholine rings is 1. The number of thiocarbonyl (C=S) groups is 1. The van der Waals surface area contributed by atoms with Gasteiger partial charge in [-0.25, -0.2) is 4.39 Å². The van der Waals surface area contributed by atoms with E-state index in [1.807, 2.05) is 24.3 Å². The Balaban J connectivity index is 1.62. The van der Waals surface area contributed by atoms with Crippen molar-refractivity contribution in [1.82, 2.24) is 9.80 Å². The van der Waals surface area contributed by atoms with Crippen molar-refractivity contribution in [3.8, 4) is 0 Å². The molecule has 2 aromatic carbocycles. The molecule has 1 fully saturated rings. The monoisotopic (exact) mass is 421 g/mol. The summed E-state index contributed by atoms with van der Waals surface area (Å²) in [5, 5.41) is 4.55. The van der Waals surface area contributed by atoms with Crippen LogP contribution in [0.15, 0.2) is 48.5 Å². The van der Waals surface area contributed by atoms with Crippen LogP contribution in [0.1, 0.15) is 12.0 Å². The average Bonchev–Trinajstić information content (AvgIpc) is 2.70. The van der Waals surface area contributed by atoms with Gasteiger partial charge < -0.3 is 15.0 Å². The van der Waals surface area contributed by atoms with Crippen molar-refractivity contribution < 1.29 is 9.13 Å². The van der Waals surface area contributed by atoms with Crippen LogP contribution in [0.4, 0.5) is 10.1 Å². The second-order valence-corrected chi connectivity index (χ2v) is 7.62. The number of rotatable bonds is 7. The molecule has 0 atom stereocenters. The topological polar surface area (TPSA) is 27.7 Å². The van der Waals surface area contributed by atoms with Crippen LogP contribution in [0, 0.1) is 5.82 Å². The molecule has 0 aliphatic carbocycles. The molecule has 1 heterocycles. The van der Waals surface area contributed by atoms with Gasteiger partial charge in [0.25, 0.3) is 0 Å². The van der Waals surface area contributed by atoms with Gasteiger partial charge in [-0.15, -0.1) is 0 Å². The minimum Gasteiger partial charge on any atom is -0.379 e. The van der Waals surface area contributed by atoms with Gasteiger partial charge >= 0.3 is 0 Å². The summed E-state index contributed by atoms with van der Waals surface area (Å²) in [4.78, 5) is 4.54. The zero-order valence-electron chi connectivity index (χ0n) is 15.7. The summed E-state index contributed by atoms with van der Waals surface area (Å²) in [6, 6.07) is 14.0. The molecule has 150 valence electrons. The Kier molecular flexibility index (Phi) is 8.03. The van der Waals surface area contributed by atoms with E-state index in [0.29, 0.717) is 16.7 Å². The highest BCUT2D eigenvalue weighted by Crippen LogP contribution is 2.15. The summed E-state index contributed by atoms with van der Waals surface area (Å²) in [6.45, 7) is 6.05. The van der Waals surface area contributed by atoms with Crippen LogP contribution in [0.25, 0.3) is 0 Å². The van der Waals surface area contributed by atoms with Gasteiger partial charge in [-0.1, -0.05) is 23.7 Å². The first-order chi connectivity index (χ1) is 13.6. The molecule has 3 rings (SSSR count). The van der Waals surface area contributed by atoms with E-state index >= 15 is 0 Å². The predicted octanol–water partition coefficient (Wildman–Crippen LogP) is 4.40. The smallest absolute Gasteiger partial charge is 0.173 e. The highest BCUT2D eigenvalue weighted by Gasteiger charge is 2.14. The lowest BCUT2D eigenvalue weighted by Gasteiger charge is -2.29. The minimum atomic E-state index is -0.266. The van der Waals surface area contributed by atoms with Crippen LogP contribution < -0.4 is 5.32 Å². The van der Waals surface area contributed by atoms with E-state index in [9.17, 15) is 4.39 Å². The van der Waals surface area contributed by atoms with E-state index < -0.39 is 0 Å². The van der Waals surface area contributed by atoms with Gasteiger partial charge in [0.2, 0.25) is 0 Å². The molecule has 1 N–H and O–H groups in total. The molecule has 0 radical (unpaired) electrons. The maximum atomic E-state index is 13.2. The lowest BCUT2D eigenvalue weighted by Crippen LogP contribution is -2.40. The summed E-state index contributed by atoms with van der Waals surface area (Å²) < 4.78 is 18.6. The van der Waals surface area contributed by atoms with Crippen molar-refractivity contribution in [2.24, 2.45) is 0 Å². The number of halogens is 2. The molecule has 0 aromatic heterocycles. The maximum absolute atomic E-state index is 13.2. The zero-order chi connectivity index (χ0) is 19.8. The molecule has 0 spiro atoms. The molecule has 0 saturated carbocycles. The van der Waals surface area contributed by atoms with Crippen LogP contribution in [0.2, 0.25) is 5.02 Å². The highest BCUT2D eigenvalue weighted by atomic mass is 35.5. The van der Waals surface area contributed by atoms with Crippen LogP contribution in [0.3, 0.4) is 0 Å². The Morgan fingerprint density at radius 3 is 2.64 bits per heavy atom. The Morgan fingerprint density at radius 1 is 1.18 bits per heavy atom. The molecule has 1 aliphatic heterocycles. The van der Waals surface area contributed by atoms with Crippen molar-refractivity contribution in [3.05, 3.63) is 64.9 Å². The van der Waals surface area contributed by atoms with Gasteiger partial charge in [0.15, 0.2) is 5.11 Å². The summed E-state index contributed by atoms with van der Waals surface area (Å²) in [5.41, 5.74) is 1.87. The average molecular weight is 422 g/mol. The van der Waals surface area contributed by atoms with Crippen LogP contribution >= 0.6 is 23.8 Å². The van der Waals surface area contributed by atoms with E-state index in [0.717, 1.165) is 57.1 Å². The molecule has 2 aromatic rings. The van der Waals surface area contributed by atoms with Crippen LogP contribution in [-0.2, 0) is 11.3 Å². The molecule has 4 nitrogen and oxygen atoms in total. The van der Waals surface area contributed by atoms with Crippen molar-refractivity contribution in [1.29, 1.82) is 0 Å². The quantitative estimate of drug-likeness (QED) is 0.669. The standard InChI is InChI=1S/C21H25ClFN3OS/c22-18-4-1-3-17(15-18)16-26(10-2-9-25-11-13-27-14-12-25)21(28)24-20-7-5-19(23)6-8-20/h1,3-8,15H,2,9-14,16H2,(H,24,28). The molecular formula is C21H25ClFN3OS. The normalized spacial score (nSPS) is 14.6. The second-order valence-electron chi connectivity index (χ2n) is 6.80.